The number of hydrogen-bond acceptors (Lipinski definition) is 2. The maximum atomic E-state index is 12.0. The third-order valence-corrected chi connectivity index (χ3v) is 3.99. The van der Waals surface area contributed by atoms with Crippen LogP contribution in [0.1, 0.15) is 43.7 Å². The standard InChI is InChI=1S/C15H20N2OS/c1-15(8-2-3-9-15)17-13(18)10-11-4-6-12(7-5-11)14(16)19/h4-7H,2-3,8-10H2,1H3,(H2,16,19)(H,17,18). The highest BCUT2D eigenvalue weighted by molar-refractivity contribution is 7.80. The lowest BCUT2D eigenvalue weighted by Crippen LogP contribution is -2.44. The van der Waals surface area contributed by atoms with Crippen molar-refractivity contribution < 1.29 is 4.79 Å². The van der Waals surface area contributed by atoms with Crippen molar-refractivity contribution in [2.45, 2.75) is 44.6 Å². The van der Waals surface area contributed by atoms with Crippen LogP contribution in [0.2, 0.25) is 0 Å². The van der Waals surface area contributed by atoms with Gasteiger partial charge in [-0.15, -0.1) is 0 Å². The molecule has 1 aliphatic rings. The smallest absolute Gasteiger partial charge is 0.224 e. The van der Waals surface area contributed by atoms with E-state index in [4.69, 9.17) is 18.0 Å². The monoisotopic (exact) mass is 276 g/mol. The van der Waals surface area contributed by atoms with Crippen LogP contribution in [0.3, 0.4) is 0 Å². The Morgan fingerprint density at radius 2 is 1.89 bits per heavy atom. The van der Waals surface area contributed by atoms with E-state index in [-0.39, 0.29) is 11.4 Å². The minimum Gasteiger partial charge on any atom is -0.389 e. The molecule has 0 saturated heterocycles. The first-order valence-corrected chi connectivity index (χ1v) is 7.09. The minimum atomic E-state index is -0.00412. The molecule has 4 heteroatoms. The van der Waals surface area contributed by atoms with Gasteiger partial charge in [-0.25, -0.2) is 0 Å². The SMILES string of the molecule is CC1(NC(=O)Cc2ccc(C(N)=S)cc2)CCCC1. The van der Waals surface area contributed by atoms with Crippen LogP contribution >= 0.6 is 12.2 Å². The summed E-state index contributed by atoms with van der Waals surface area (Å²) in [6.45, 7) is 2.13. The van der Waals surface area contributed by atoms with Crippen molar-refractivity contribution in [3.05, 3.63) is 35.4 Å². The van der Waals surface area contributed by atoms with Crippen LogP contribution in [0.15, 0.2) is 24.3 Å². The van der Waals surface area contributed by atoms with E-state index in [0.29, 0.717) is 11.4 Å². The molecular weight excluding hydrogens is 256 g/mol. The number of thiocarbonyl (C=S) groups is 1. The Morgan fingerprint density at radius 3 is 2.42 bits per heavy atom. The predicted molar refractivity (Wildman–Crippen MR) is 81.0 cm³/mol. The average molecular weight is 276 g/mol. The zero-order valence-electron chi connectivity index (χ0n) is 11.2. The van der Waals surface area contributed by atoms with E-state index < -0.39 is 0 Å². The third-order valence-electron chi connectivity index (χ3n) is 3.75. The first kappa shape index (κ1) is 14.0. The highest BCUT2D eigenvalue weighted by Crippen LogP contribution is 2.28. The van der Waals surface area contributed by atoms with E-state index in [1.54, 1.807) is 0 Å². The number of nitrogens with one attached hydrogen (secondary N) is 1. The molecule has 0 atom stereocenters. The fraction of sp³-hybridized carbons (Fsp3) is 0.467. The summed E-state index contributed by atoms with van der Waals surface area (Å²) in [6.07, 6.45) is 4.99. The number of carbonyl (C=O) groups excluding carboxylic acids is 1. The summed E-state index contributed by atoms with van der Waals surface area (Å²) in [5.74, 6) is 0.0903. The molecule has 102 valence electrons. The van der Waals surface area contributed by atoms with Gasteiger partial charge in [-0.1, -0.05) is 49.3 Å². The van der Waals surface area contributed by atoms with Gasteiger partial charge in [0, 0.05) is 11.1 Å². The molecule has 3 nitrogen and oxygen atoms in total. The Hall–Kier alpha value is -1.42. The molecule has 0 aliphatic heterocycles. The lowest BCUT2D eigenvalue weighted by molar-refractivity contribution is -0.122. The van der Waals surface area contributed by atoms with Crippen LogP contribution in [0.4, 0.5) is 0 Å². The maximum absolute atomic E-state index is 12.0. The lowest BCUT2D eigenvalue weighted by Gasteiger charge is -2.25. The van der Waals surface area contributed by atoms with Gasteiger partial charge in [-0.2, -0.15) is 0 Å². The second-order valence-electron chi connectivity index (χ2n) is 5.55. The van der Waals surface area contributed by atoms with Gasteiger partial charge in [-0.05, 0) is 25.3 Å². The summed E-state index contributed by atoms with van der Waals surface area (Å²) >= 11 is 4.90. The van der Waals surface area contributed by atoms with Crippen LogP contribution < -0.4 is 11.1 Å². The number of benzene rings is 1. The van der Waals surface area contributed by atoms with Gasteiger partial charge in [0.05, 0.1) is 6.42 Å². The second-order valence-corrected chi connectivity index (χ2v) is 5.99. The first-order valence-electron chi connectivity index (χ1n) is 6.68. The topological polar surface area (TPSA) is 55.1 Å². The molecule has 2 rings (SSSR count). The Balaban J connectivity index is 1.93. The molecule has 1 fully saturated rings. The summed E-state index contributed by atoms with van der Waals surface area (Å²) in [7, 11) is 0. The summed E-state index contributed by atoms with van der Waals surface area (Å²) in [5.41, 5.74) is 7.36. The Labute approximate surface area is 119 Å². The fourth-order valence-corrected chi connectivity index (χ4v) is 2.77. The summed E-state index contributed by atoms with van der Waals surface area (Å²) < 4.78 is 0. The zero-order chi connectivity index (χ0) is 13.9. The van der Waals surface area contributed by atoms with Gasteiger partial charge in [0.15, 0.2) is 0 Å². The van der Waals surface area contributed by atoms with E-state index in [1.807, 2.05) is 24.3 Å². The molecule has 0 heterocycles. The quantitative estimate of drug-likeness (QED) is 0.830. The first-order chi connectivity index (χ1) is 8.98. The van der Waals surface area contributed by atoms with Crippen LogP contribution in [-0.4, -0.2) is 16.4 Å². The molecule has 0 unspecified atom stereocenters. The second kappa shape index (κ2) is 5.70. The van der Waals surface area contributed by atoms with Crippen LogP contribution in [0, 0.1) is 0 Å². The molecule has 1 aliphatic carbocycles. The van der Waals surface area contributed by atoms with Crippen molar-refractivity contribution in [3.8, 4) is 0 Å². The van der Waals surface area contributed by atoms with Crippen LogP contribution in [0.25, 0.3) is 0 Å². The van der Waals surface area contributed by atoms with Crippen molar-refractivity contribution in [2.24, 2.45) is 5.73 Å². The van der Waals surface area contributed by atoms with Gasteiger partial charge < -0.3 is 11.1 Å². The molecule has 0 bridgehead atoms. The van der Waals surface area contributed by atoms with Gasteiger partial charge in [-0.3, -0.25) is 4.79 Å². The van der Waals surface area contributed by atoms with Crippen molar-refractivity contribution in [1.29, 1.82) is 0 Å². The van der Waals surface area contributed by atoms with E-state index in [1.165, 1.54) is 12.8 Å². The molecule has 1 aromatic rings. The maximum Gasteiger partial charge on any atom is 0.224 e. The summed E-state index contributed by atoms with van der Waals surface area (Å²) in [4.78, 5) is 12.4. The van der Waals surface area contributed by atoms with E-state index >= 15 is 0 Å². The van der Waals surface area contributed by atoms with E-state index in [2.05, 4.69) is 12.2 Å². The number of amides is 1. The number of carbonyl (C=O) groups is 1. The molecule has 3 N–H and O–H groups in total. The molecular formula is C15H20N2OS. The highest BCUT2D eigenvalue weighted by Gasteiger charge is 2.29. The molecule has 0 aromatic heterocycles. The summed E-state index contributed by atoms with van der Waals surface area (Å²) in [6, 6.07) is 7.54. The number of nitrogens with two attached hydrogens (primary N) is 1. The molecule has 19 heavy (non-hydrogen) atoms. The largest absolute Gasteiger partial charge is 0.389 e. The van der Waals surface area contributed by atoms with Crippen molar-refractivity contribution >= 4 is 23.1 Å². The predicted octanol–water partition coefficient (Wildman–Crippen LogP) is 2.31. The van der Waals surface area contributed by atoms with Crippen LogP contribution in [0.5, 0.6) is 0 Å². The molecule has 1 amide bonds. The minimum absolute atomic E-state index is 0.00412. The zero-order valence-corrected chi connectivity index (χ0v) is 12.1. The molecule has 0 spiro atoms. The normalized spacial score (nSPS) is 17.1. The van der Waals surface area contributed by atoms with Gasteiger partial charge >= 0.3 is 0 Å². The van der Waals surface area contributed by atoms with Crippen molar-refractivity contribution in [1.82, 2.24) is 5.32 Å². The molecule has 1 saturated carbocycles. The molecule has 0 radical (unpaired) electrons. The highest BCUT2D eigenvalue weighted by atomic mass is 32.1. The Kier molecular flexibility index (Phi) is 4.20. The van der Waals surface area contributed by atoms with E-state index in [9.17, 15) is 4.79 Å². The Bertz CT molecular complexity index is 475. The lowest BCUT2D eigenvalue weighted by atomic mass is 10.00. The summed E-state index contributed by atoms with van der Waals surface area (Å²) in [5, 5.41) is 3.15. The third kappa shape index (κ3) is 3.77. The Morgan fingerprint density at radius 1 is 1.32 bits per heavy atom. The fourth-order valence-electron chi connectivity index (χ4n) is 2.63. The van der Waals surface area contributed by atoms with E-state index in [0.717, 1.165) is 24.0 Å². The average Bonchev–Trinajstić information content (AvgIpc) is 2.76. The van der Waals surface area contributed by atoms with Gasteiger partial charge in [0.1, 0.15) is 4.99 Å². The van der Waals surface area contributed by atoms with Crippen molar-refractivity contribution in [3.63, 3.8) is 0 Å². The van der Waals surface area contributed by atoms with Gasteiger partial charge in [0.2, 0.25) is 5.91 Å². The van der Waals surface area contributed by atoms with Crippen LogP contribution in [-0.2, 0) is 11.2 Å². The van der Waals surface area contributed by atoms with Gasteiger partial charge in [0.25, 0.3) is 0 Å². The van der Waals surface area contributed by atoms with Crippen molar-refractivity contribution in [2.75, 3.05) is 0 Å². The molecule has 1 aromatic carbocycles. The number of rotatable bonds is 4. The number of hydrogen-bond donors (Lipinski definition) is 2.